The fourth-order valence-electron chi connectivity index (χ4n) is 1.96. The molecule has 2 aliphatic rings. The third kappa shape index (κ3) is 0.906. The Morgan fingerprint density at radius 2 is 2.17 bits per heavy atom. The van der Waals surface area contributed by atoms with Crippen molar-refractivity contribution >= 4 is 11.8 Å². The lowest BCUT2D eigenvalue weighted by atomic mass is 10.1. The summed E-state index contributed by atoms with van der Waals surface area (Å²) >= 11 is 0. The molecule has 0 saturated carbocycles. The summed E-state index contributed by atoms with van der Waals surface area (Å²) in [6.07, 6.45) is 1.83. The van der Waals surface area contributed by atoms with Gasteiger partial charge in [-0.1, -0.05) is 0 Å². The van der Waals surface area contributed by atoms with Gasteiger partial charge >= 0.3 is 6.03 Å². The van der Waals surface area contributed by atoms with Gasteiger partial charge in [-0.3, -0.25) is 4.79 Å². The van der Waals surface area contributed by atoms with Crippen molar-refractivity contribution in [1.29, 1.82) is 0 Å². The maximum Gasteiger partial charge on any atom is 0.320 e. The molecule has 0 aromatic rings. The fraction of sp³-hybridized carbons (Fsp3) is 0.750. The molecule has 12 heavy (non-hydrogen) atoms. The highest BCUT2D eigenvalue weighted by atomic mass is 16.2. The number of amides is 2. The molecule has 0 N–H and O–H groups in total. The first kappa shape index (κ1) is 7.58. The number of carbonyl (C=O) groups excluding carboxylic acids is 2. The predicted molar refractivity (Wildman–Crippen MR) is 42.8 cm³/mol. The van der Waals surface area contributed by atoms with Crippen LogP contribution in [-0.2, 0) is 4.79 Å². The van der Waals surface area contributed by atoms with E-state index in [1.807, 2.05) is 0 Å². The van der Waals surface area contributed by atoms with Gasteiger partial charge in [0.15, 0.2) is 5.78 Å². The third-order valence-corrected chi connectivity index (χ3v) is 2.59. The van der Waals surface area contributed by atoms with Crippen molar-refractivity contribution in [3.05, 3.63) is 0 Å². The van der Waals surface area contributed by atoms with E-state index in [0.717, 1.165) is 19.4 Å². The predicted octanol–water partition coefficient (Wildman–Crippen LogP) is 0.0853. The summed E-state index contributed by atoms with van der Waals surface area (Å²) in [5.74, 6) is 0.189. The Kier molecular flexibility index (Phi) is 1.56. The Morgan fingerprint density at radius 3 is 2.92 bits per heavy atom. The van der Waals surface area contributed by atoms with Crippen molar-refractivity contribution in [1.82, 2.24) is 9.80 Å². The second-order valence-corrected chi connectivity index (χ2v) is 3.46. The monoisotopic (exact) mass is 168 g/mol. The molecule has 0 aromatic carbocycles. The normalized spacial score (nSPS) is 29.6. The molecule has 0 bridgehead atoms. The quantitative estimate of drug-likeness (QED) is 0.514. The number of ketones is 1. The summed E-state index contributed by atoms with van der Waals surface area (Å²) in [5, 5.41) is 0. The molecule has 4 nitrogen and oxygen atoms in total. The van der Waals surface area contributed by atoms with Gasteiger partial charge in [0, 0.05) is 13.6 Å². The van der Waals surface area contributed by atoms with Crippen LogP contribution in [0.1, 0.15) is 12.8 Å². The van der Waals surface area contributed by atoms with Gasteiger partial charge in [-0.05, 0) is 12.8 Å². The SMILES string of the molecule is CN1CC(=O)[C@H]2CCCN2C1=O. The summed E-state index contributed by atoms with van der Waals surface area (Å²) in [7, 11) is 1.68. The van der Waals surface area contributed by atoms with Crippen LogP contribution in [0, 0.1) is 0 Å². The van der Waals surface area contributed by atoms with Crippen LogP contribution in [-0.4, -0.2) is 47.8 Å². The number of hydrogen-bond acceptors (Lipinski definition) is 2. The molecule has 0 radical (unpaired) electrons. The molecule has 0 aromatic heterocycles. The summed E-state index contributed by atoms with van der Waals surface area (Å²) in [6.45, 7) is 1.04. The molecular weight excluding hydrogens is 156 g/mol. The Hall–Kier alpha value is -1.06. The molecule has 0 spiro atoms. The van der Waals surface area contributed by atoms with Gasteiger partial charge in [0.1, 0.15) is 0 Å². The average Bonchev–Trinajstić information content (AvgIpc) is 2.48. The molecule has 2 heterocycles. The third-order valence-electron chi connectivity index (χ3n) is 2.59. The molecule has 1 atom stereocenters. The molecular formula is C8H12N2O2. The van der Waals surface area contributed by atoms with Gasteiger partial charge in [-0.25, -0.2) is 4.79 Å². The van der Waals surface area contributed by atoms with Crippen molar-refractivity contribution in [2.45, 2.75) is 18.9 Å². The maximum absolute atomic E-state index is 11.5. The summed E-state index contributed by atoms with van der Waals surface area (Å²) < 4.78 is 0. The van der Waals surface area contributed by atoms with Crippen molar-refractivity contribution < 1.29 is 9.59 Å². The topological polar surface area (TPSA) is 40.6 Å². The first-order valence-corrected chi connectivity index (χ1v) is 4.24. The average molecular weight is 168 g/mol. The fourth-order valence-corrected chi connectivity index (χ4v) is 1.96. The highest BCUT2D eigenvalue weighted by molar-refractivity contribution is 5.96. The number of hydrogen-bond donors (Lipinski definition) is 0. The van der Waals surface area contributed by atoms with Crippen LogP contribution in [0.25, 0.3) is 0 Å². The highest BCUT2D eigenvalue weighted by Crippen LogP contribution is 2.22. The van der Waals surface area contributed by atoms with Gasteiger partial charge in [0.05, 0.1) is 12.6 Å². The lowest BCUT2D eigenvalue weighted by Crippen LogP contribution is -2.55. The molecule has 2 fully saturated rings. The van der Waals surface area contributed by atoms with Crippen molar-refractivity contribution in [2.24, 2.45) is 0 Å². The zero-order chi connectivity index (χ0) is 8.72. The second-order valence-electron chi connectivity index (χ2n) is 3.46. The second kappa shape index (κ2) is 2.47. The summed E-state index contributed by atoms with van der Waals surface area (Å²) in [4.78, 5) is 26.0. The van der Waals surface area contributed by atoms with Crippen LogP contribution in [0.15, 0.2) is 0 Å². The van der Waals surface area contributed by atoms with Crippen LogP contribution < -0.4 is 0 Å². The van der Waals surface area contributed by atoms with Crippen molar-refractivity contribution in [3.8, 4) is 0 Å². The lowest BCUT2D eigenvalue weighted by molar-refractivity contribution is -0.125. The van der Waals surface area contributed by atoms with Gasteiger partial charge in [-0.2, -0.15) is 0 Å². The number of fused-ring (bicyclic) bond motifs is 1. The summed E-state index contributed by atoms with van der Waals surface area (Å²) in [5.41, 5.74) is 0. The van der Waals surface area contributed by atoms with Gasteiger partial charge in [0.25, 0.3) is 0 Å². The number of urea groups is 1. The standard InChI is InChI=1S/C8H12N2O2/c1-9-5-7(11)6-3-2-4-10(6)8(9)12/h6H,2-5H2,1H3/t6-/m1/s1. The van der Waals surface area contributed by atoms with E-state index in [-0.39, 0.29) is 17.9 Å². The van der Waals surface area contributed by atoms with Crippen molar-refractivity contribution in [3.63, 3.8) is 0 Å². The van der Waals surface area contributed by atoms with E-state index < -0.39 is 0 Å². The Labute approximate surface area is 71.1 Å². The maximum atomic E-state index is 11.5. The van der Waals surface area contributed by atoms with E-state index in [0.29, 0.717) is 6.54 Å². The van der Waals surface area contributed by atoms with E-state index in [2.05, 4.69) is 0 Å². The molecule has 2 amide bonds. The Morgan fingerprint density at radius 1 is 1.42 bits per heavy atom. The van der Waals surface area contributed by atoms with Crippen molar-refractivity contribution in [2.75, 3.05) is 20.1 Å². The molecule has 2 aliphatic heterocycles. The van der Waals surface area contributed by atoms with Gasteiger partial charge in [0.2, 0.25) is 0 Å². The number of Topliss-reactive ketones (excluding diaryl/α,β-unsaturated/α-hetero) is 1. The zero-order valence-corrected chi connectivity index (χ0v) is 7.12. The first-order chi connectivity index (χ1) is 5.70. The Bertz CT molecular complexity index is 239. The number of likely N-dealkylation sites (N-methyl/N-ethyl adjacent to an activating group) is 1. The number of carbonyl (C=O) groups is 2. The van der Waals surface area contributed by atoms with Gasteiger partial charge < -0.3 is 9.80 Å². The van der Waals surface area contributed by atoms with Gasteiger partial charge in [-0.15, -0.1) is 0 Å². The minimum Gasteiger partial charge on any atom is -0.320 e. The highest BCUT2D eigenvalue weighted by Gasteiger charge is 2.40. The number of nitrogens with zero attached hydrogens (tertiary/aromatic N) is 2. The largest absolute Gasteiger partial charge is 0.320 e. The van der Waals surface area contributed by atoms with Crippen LogP contribution >= 0.6 is 0 Å². The summed E-state index contributed by atoms with van der Waals surface area (Å²) in [6, 6.07) is -0.0919. The van der Waals surface area contributed by atoms with E-state index in [4.69, 9.17) is 0 Å². The van der Waals surface area contributed by atoms with E-state index >= 15 is 0 Å². The zero-order valence-electron chi connectivity index (χ0n) is 7.12. The van der Waals surface area contributed by atoms with Crippen LogP contribution in [0.2, 0.25) is 0 Å². The van der Waals surface area contributed by atoms with E-state index in [1.165, 1.54) is 4.90 Å². The lowest BCUT2D eigenvalue weighted by Gasteiger charge is -2.34. The minimum atomic E-state index is -0.103. The van der Waals surface area contributed by atoms with Crippen LogP contribution in [0.4, 0.5) is 4.79 Å². The molecule has 66 valence electrons. The molecule has 0 aliphatic carbocycles. The smallest absolute Gasteiger partial charge is 0.320 e. The molecule has 0 unspecified atom stereocenters. The minimum absolute atomic E-state index is 0.0112. The number of rotatable bonds is 0. The molecule has 2 rings (SSSR count). The molecule has 2 saturated heterocycles. The van der Waals surface area contributed by atoms with Crippen LogP contribution in [0.3, 0.4) is 0 Å². The van der Waals surface area contributed by atoms with Crippen LogP contribution in [0.5, 0.6) is 0 Å². The van der Waals surface area contributed by atoms with E-state index in [1.54, 1.807) is 11.9 Å². The first-order valence-electron chi connectivity index (χ1n) is 4.24. The Balaban J connectivity index is 2.23. The van der Waals surface area contributed by atoms with E-state index in [9.17, 15) is 9.59 Å². The molecule has 4 heteroatoms.